The van der Waals surface area contributed by atoms with Crippen molar-refractivity contribution in [2.75, 3.05) is 7.05 Å². The van der Waals surface area contributed by atoms with Gasteiger partial charge in [0.15, 0.2) is 0 Å². The number of piperidine rings is 2. The molecule has 1 aromatic carbocycles. The van der Waals surface area contributed by atoms with Gasteiger partial charge in [-0.15, -0.1) is 0 Å². The summed E-state index contributed by atoms with van der Waals surface area (Å²) < 4.78 is 5.82. The number of aromatic nitrogens is 2. The first kappa shape index (κ1) is 13.8. The Morgan fingerprint density at radius 2 is 2.09 bits per heavy atom. The Labute approximate surface area is 129 Å². The zero-order valence-corrected chi connectivity index (χ0v) is 12.8. The standard InChI is InChI=1S/C17H21N3O2/c1-20-11-4-2-5-12(20)9-13(8-11)22-17(21)14-6-3-7-15-16(14)19-10-18-15/h3,6-7,10-13H,2,4-5,8-9H2,1H3,(H,18,19)/t11-,12+,13?. The van der Waals surface area contributed by atoms with Crippen molar-refractivity contribution in [2.45, 2.75) is 50.3 Å². The summed E-state index contributed by atoms with van der Waals surface area (Å²) in [5, 5.41) is 0. The van der Waals surface area contributed by atoms with Crippen molar-refractivity contribution in [3.63, 3.8) is 0 Å². The third-order valence-electron chi connectivity index (χ3n) is 5.24. The third-order valence-corrected chi connectivity index (χ3v) is 5.24. The molecule has 2 aliphatic rings. The van der Waals surface area contributed by atoms with Gasteiger partial charge in [-0.3, -0.25) is 0 Å². The van der Waals surface area contributed by atoms with Crippen LogP contribution >= 0.6 is 0 Å². The average Bonchev–Trinajstić information content (AvgIpc) is 2.96. The number of H-pyrrole nitrogens is 1. The van der Waals surface area contributed by atoms with Crippen LogP contribution in [0.3, 0.4) is 0 Å². The first-order valence-electron chi connectivity index (χ1n) is 8.07. The van der Waals surface area contributed by atoms with Gasteiger partial charge in [-0.2, -0.15) is 0 Å². The Balaban J connectivity index is 1.52. The Morgan fingerprint density at radius 1 is 1.32 bits per heavy atom. The zero-order valence-electron chi connectivity index (χ0n) is 12.8. The number of hydrogen-bond donors (Lipinski definition) is 1. The number of nitrogens with zero attached hydrogens (tertiary/aromatic N) is 2. The van der Waals surface area contributed by atoms with E-state index < -0.39 is 0 Å². The number of hydrogen-bond acceptors (Lipinski definition) is 4. The average molecular weight is 299 g/mol. The van der Waals surface area contributed by atoms with Gasteiger partial charge in [0.2, 0.25) is 0 Å². The molecule has 5 nitrogen and oxygen atoms in total. The molecule has 0 saturated carbocycles. The molecule has 2 fully saturated rings. The first-order valence-corrected chi connectivity index (χ1v) is 8.07. The van der Waals surface area contributed by atoms with Gasteiger partial charge in [-0.25, -0.2) is 9.78 Å². The second kappa shape index (κ2) is 5.39. The van der Waals surface area contributed by atoms with Crippen LogP contribution in [-0.2, 0) is 4.74 Å². The number of carbonyl (C=O) groups is 1. The monoisotopic (exact) mass is 299 g/mol. The summed E-state index contributed by atoms with van der Waals surface area (Å²) in [6.07, 6.45) is 7.29. The maximum absolute atomic E-state index is 12.5. The molecule has 4 rings (SSSR count). The van der Waals surface area contributed by atoms with Crippen molar-refractivity contribution in [3.05, 3.63) is 30.1 Å². The van der Waals surface area contributed by atoms with Crippen LogP contribution in [0.2, 0.25) is 0 Å². The second-order valence-electron chi connectivity index (χ2n) is 6.51. The molecule has 0 amide bonds. The maximum atomic E-state index is 12.5. The molecule has 0 spiro atoms. The minimum Gasteiger partial charge on any atom is -0.459 e. The molecule has 5 heteroatoms. The van der Waals surface area contributed by atoms with Crippen LogP contribution in [0.25, 0.3) is 11.0 Å². The lowest BCUT2D eigenvalue weighted by molar-refractivity contribution is -0.0317. The van der Waals surface area contributed by atoms with E-state index in [1.54, 1.807) is 12.4 Å². The van der Waals surface area contributed by atoms with Gasteiger partial charge in [-0.05, 0) is 32.0 Å². The van der Waals surface area contributed by atoms with Crippen LogP contribution in [0.15, 0.2) is 24.5 Å². The third kappa shape index (κ3) is 2.29. The Kier molecular flexibility index (Phi) is 3.37. The molecule has 3 heterocycles. The molecular weight excluding hydrogens is 278 g/mol. The Morgan fingerprint density at radius 3 is 2.86 bits per heavy atom. The molecule has 0 aliphatic carbocycles. The smallest absolute Gasteiger partial charge is 0.340 e. The van der Waals surface area contributed by atoms with Crippen LogP contribution in [0, 0.1) is 0 Å². The summed E-state index contributed by atoms with van der Waals surface area (Å²) in [6, 6.07) is 6.69. The number of nitrogens with one attached hydrogen (secondary N) is 1. The van der Waals surface area contributed by atoms with E-state index in [0.29, 0.717) is 23.2 Å². The predicted octanol–water partition coefficient (Wildman–Crippen LogP) is 2.74. The van der Waals surface area contributed by atoms with Gasteiger partial charge in [0.1, 0.15) is 11.6 Å². The van der Waals surface area contributed by atoms with Crippen molar-refractivity contribution in [2.24, 2.45) is 0 Å². The molecule has 1 N–H and O–H groups in total. The number of para-hydroxylation sites is 1. The molecule has 1 aromatic heterocycles. The molecule has 22 heavy (non-hydrogen) atoms. The maximum Gasteiger partial charge on any atom is 0.340 e. The van der Waals surface area contributed by atoms with E-state index in [2.05, 4.69) is 21.9 Å². The van der Waals surface area contributed by atoms with Gasteiger partial charge < -0.3 is 14.6 Å². The Bertz CT molecular complexity index is 682. The normalized spacial score (nSPS) is 28.7. The van der Waals surface area contributed by atoms with E-state index in [9.17, 15) is 4.79 Å². The molecule has 2 aliphatic heterocycles. The van der Waals surface area contributed by atoms with Gasteiger partial charge in [0, 0.05) is 24.9 Å². The van der Waals surface area contributed by atoms with Crippen LogP contribution in [-0.4, -0.2) is 46.1 Å². The van der Waals surface area contributed by atoms with Crippen LogP contribution in [0.4, 0.5) is 0 Å². The number of imidazole rings is 1. The predicted molar refractivity (Wildman–Crippen MR) is 83.7 cm³/mol. The zero-order chi connectivity index (χ0) is 15.1. The van der Waals surface area contributed by atoms with E-state index in [0.717, 1.165) is 18.4 Å². The quantitative estimate of drug-likeness (QED) is 0.866. The van der Waals surface area contributed by atoms with Crippen LogP contribution < -0.4 is 0 Å². The van der Waals surface area contributed by atoms with Crippen molar-refractivity contribution in [1.29, 1.82) is 0 Å². The first-order chi connectivity index (χ1) is 10.7. The molecule has 1 unspecified atom stereocenters. The van der Waals surface area contributed by atoms with Crippen molar-refractivity contribution in [1.82, 2.24) is 14.9 Å². The van der Waals surface area contributed by atoms with E-state index in [-0.39, 0.29) is 12.1 Å². The Hall–Kier alpha value is -1.88. The number of esters is 1. The van der Waals surface area contributed by atoms with Crippen molar-refractivity contribution in [3.8, 4) is 0 Å². The fourth-order valence-corrected chi connectivity index (χ4v) is 4.01. The summed E-state index contributed by atoms with van der Waals surface area (Å²) in [6.45, 7) is 0. The fraction of sp³-hybridized carbons (Fsp3) is 0.529. The highest BCUT2D eigenvalue weighted by Gasteiger charge is 2.37. The van der Waals surface area contributed by atoms with Gasteiger partial charge >= 0.3 is 5.97 Å². The van der Waals surface area contributed by atoms with Crippen LogP contribution in [0.1, 0.15) is 42.5 Å². The number of rotatable bonds is 2. The van der Waals surface area contributed by atoms with E-state index >= 15 is 0 Å². The van der Waals surface area contributed by atoms with Gasteiger partial charge in [-0.1, -0.05) is 12.5 Å². The number of fused-ring (bicyclic) bond motifs is 3. The van der Waals surface area contributed by atoms with Crippen molar-refractivity contribution >= 4 is 17.0 Å². The molecule has 2 aromatic rings. The van der Waals surface area contributed by atoms with E-state index in [1.165, 1.54) is 19.3 Å². The largest absolute Gasteiger partial charge is 0.459 e. The minimum atomic E-state index is -0.245. The topological polar surface area (TPSA) is 58.2 Å². The van der Waals surface area contributed by atoms with Gasteiger partial charge in [0.25, 0.3) is 0 Å². The number of ether oxygens (including phenoxy) is 1. The number of carbonyl (C=O) groups excluding carboxylic acids is 1. The molecule has 3 atom stereocenters. The molecule has 2 bridgehead atoms. The fourth-order valence-electron chi connectivity index (χ4n) is 4.01. The summed E-state index contributed by atoms with van der Waals surface area (Å²) in [7, 11) is 2.21. The summed E-state index contributed by atoms with van der Waals surface area (Å²) >= 11 is 0. The molecule has 2 saturated heterocycles. The lowest BCUT2D eigenvalue weighted by Crippen LogP contribution is -2.52. The minimum absolute atomic E-state index is 0.0354. The highest BCUT2D eigenvalue weighted by Crippen LogP contribution is 2.34. The summed E-state index contributed by atoms with van der Waals surface area (Å²) in [4.78, 5) is 22.3. The lowest BCUT2D eigenvalue weighted by Gasteiger charge is -2.46. The lowest BCUT2D eigenvalue weighted by atomic mass is 9.83. The molecular formula is C17H21N3O2. The second-order valence-corrected chi connectivity index (χ2v) is 6.51. The SMILES string of the molecule is CN1[C@@H]2CCC[C@H]1CC(OC(=O)c1cccc3[nH]cnc13)C2. The van der Waals surface area contributed by atoms with E-state index in [4.69, 9.17) is 4.74 Å². The number of aromatic amines is 1. The van der Waals surface area contributed by atoms with E-state index in [1.807, 2.05) is 12.1 Å². The number of benzene rings is 1. The highest BCUT2D eigenvalue weighted by atomic mass is 16.5. The van der Waals surface area contributed by atoms with Gasteiger partial charge in [0.05, 0.1) is 17.4 Å². The summed E-state index contributed by atoms with van der Waals surface area (Å²) in [5.74, 6) is -0.245. The molecule has 0 radical (unpaired) electrons. The summed E-state index contributed by atoms with van der Waals surface area (Å²) in [5.41, 5.74) is 2.12. The van der Waals surface area contributed by atoms with Crippen molar-refractivity contribution < 1.29 is 9.53 Å². The molecule has 116 valence electrons. The van der Waals surface area contributed by atoms with Crippen LogP contribution in [0.5, 0.6) is 0 Å². The highest BCUT2D eigenvalue weighted by molar-refractivity contribution is 6.01.